The maximum atomic E-state index is 11.7. The number of nitrogens with zero attached hydrogens (tertiary/aromatic N) is 2. The Balaban J connectivity index is 1.55. The summed E-state index contributed by atoms with van der Waals surface area (Å²) in [7, 11) is 0. The number of carbonyl (C=O) groups excluding carboxylic acids is 1. The second kappa shape index (κ2) is 7.06. The average Bonchev–Trinajstić information content (AvgIpc) is 3.04. The van der Waals surface area contributed by atoms with Crippen LogP contribution in [0.3, 0.4) is 0 Å². The summed E-state index contributed by atoms with van der Waals surface area (Å²) in [5, 5.41) is 8.87. The van der Waals surface area contributed by atoms with Gasteiger partial charge in [-0.15, -0.1) is 11.3 Å². The predicted octanol–water partition coefficient (Wildman–Crippen LogP) is 1.70. The summed E-state index contributed by atoms with van der Waals surface area (Å²) in [6.07, 6.45) is 3.63. The van der Waals surface area contributed by atoms with Crippen molar-refractivity contribution in [2.75, 3.05) is 19.8 Å². The number of amides is 1. The van der Waals surface area contributed by atoms with E-state index in [1.807, 2.05) is 35.3 Å². The van der Waals surface area contributed by atoms with Gasteiger partial charge in [-0.3, -0.25) is 9.48 Å². The van der Waals surface area contributed by atoms with E-state index < -0.39 is 0 Å². The third kappa shape index (κ3) is 4.50. The van der Waals surface area contributed by atoms with E-state index in [-0.39, 0.29) is 5.91 Å². The summed E-state index contributed by atoms with van der Waals surface area (Å²) in [5.74, 6) is -0.0335. The molecule has 0 bridgehead atoms. The molecule has 0 fully saturated rings. The largest absolute Gasteiger partial charge is 0.378 e. The molecule has 19 heavy (non-hydrogen) atoms. The highest BCUT2D eigenvalue weighted by Gasteiger charge is 2.06. The van der Waals surface area contributed by atoms with Crippen LogP contribution in [0.25, 0.3) is 0 Å². The van der Waals surface area contributed by atoms with Crippen molar-refractivity contribution in [2.45, 2.75) is 13.5 Å². The summed E-state index contributed by atoms with van der Waals surface area (Å²) in [5.41, 5.74) is 1.12. The van der Waals surface area contributed by atoms with Crippen molar-refractivity contribution in [3.8, 4) is 0 Å². The molecule has 0 aliphatic heterocycles. The molecule has 2 heterocycles. The number of thiophene rings is 1. The Morgan fingerprint density at radius 3 is 3.11 bits per heavy atom. The summed E-state index contributed by atoms with van der Waals surface area (Å²) < 4.78 is 7.24. The second-order valence-electron chi connectivity index (χ2n) is 4.13. The molecule has 0 unspecified atom stereocenters. The van der Waals surface area contributed by atoms with Gasteiger partial charge in [-0.25, -0.2) is 0 Å². The van der Waals surface area contributed by atoms with E-state index in [4.69, 9.17) is 4.74 Å². The van der Waals surface area contributed by atoms with Crippen LogP contribution in [-0.2, 0) is 11.3 Å². The summed E-state index contributed by atoms with van der Waals surface area (Å²) in [4.78, 5) is 12.5. The fraction of sp³-hybridized carbons (Fsp3) is 0.385. The minimum Gasteiger partial charge on any atom is -0.378 e. The van der Waals surface area contributed by atoms with Crippen LogP contribution in [0.5, 0.6) is 0 Å². The van der Waals surface area contributed by atoms with E-state index in [1.165, 1.54) is 11.3 Å². The van der Waals surface area contributed by atoms with Crippen LogP contribution >= 0.6 is 11.3 Å². The lowest BCUT2D eigenvalue weighted by atomic mass is 10.3. The Hall–Kier alpha value is -1.66. The Bertz CT molecular complexity index is 508. The maximum Gasteiger partial charge on any atom is 0.261 e. The molecule has 0 aliphatic rings. The Kier molecular flexibility index (Phi) is 5.11. The quantitative estimate of drug-likeness (QED) is 0.785. The standard InChI is InChI=1S/C13H17N3O2S/c1-11-9-12(19-10-11)13(17)14-4-7-18-8-6-16-5-2-3-15-16/h2-3,5,9-10H,4,6-8H2,1H3,(H,14,17). The van der Waals surface area contributed by atoms with Crippen molar-refractivity contribution < 1.29 is 9.53 Å². The van der Waals surface area contributed by atoms with Crippen LogP contribution in [0.1, 0.15) is 15.2 Å². The first-order valence-electron chi connectivity index (χ1n) is 6.14. The number of aryl methyl sites for hydroxylation is 1. The highest BCUT2D eigenvalue weighted by Crippen LogP contribution is 2.12. The molecule has 0 radical (unpaired) electrons. The van der Waals surface area contributed by atoms with E-state index in [0.717, 1.165) is 17.0 Å². The fourth-order valence-corrected chi connectivity index (χ4v) is 2.38. The molecule has 0 saturated carbocycles. The van der Waals surface area contributed by atoms with Crippen LogP contribution in [0, 0.1) is 6.92 Å². The van der Waals surface area contributed by atoms with Gasteiger partial charge in [-0.05, 0) is 30.0 Å². The monoisotopic (exact) mass is 279 g/mol. The first-order valence-corrected chi connectivity index (χ1v) is 7.02. The molecule has 0 aromatic carbocycles. The molecule has 0 aliphatic carbocycles. The van der Waals surface area contributed by atoms with Gasteiger partial charge < -0.3 is 10.1 Å². The van der Waals surface area contributed by atoms with Crippen LogP contribution in [0.4, 0.5) is 0 Å². The zero-order chi connectivity index (χ0) is 13.5. The van der Waals surface area contributed by atoms with E-state index in [2.05, 4.69) is 10.4 Å². The molecule has 0 spiro atoms. The van der Waals surface area contributed by atoms with Gasteiger partial charge >= 0.3 is 0 Å². The number of hydrogen-bond donors (Lipinski definition) is 1. The van der Waals surface area contributed by atoms with Gasteiger partial charge in [0.1, 0.15) is 0 Å². The molecule has 0 atom stereocenters. The number of rotatable bonds is 7. The minimum absolute atomic E-state index is 0.0335. The molecule has 102 valence electrons. The van der Waals surface area contributed by atoms with Crippen molar-refractivity contribution >= 4 is 17.2 Å². The van der Waals surface area contributed by atoms with Crippen molar-refractivity contribution in [1.82, 2.24) is 15.1 Å². The third-order valence-electron chi connectivity index (χ3n) is 2.51. The van der Waals surface area contributed by atoms with Crippen molar-refractivity contribution in [1.29, 1.82) is 0 Å². The molecular formula is C13H17N3O2S. The zero-order valence-corrected chi connectivity index (χ0v) is 11.7. The number of carbonyl (C=O) groups is 1. The third-order valence-corrected chi connectivity index (χ3v) is 3.56. The van der Waals surface area contributed by atoms with Gasteiger partial charge in [0.2, 0.25) is 0 Å². The first-order chi connectivity index (χ1) is 9.25. The summed E-state index contributed by atoms with van der Waals surface area (Å²) in [6, 6.07) is 3.77. The van der Waals surface area contributed by atoms with Gasteiger partial charge in [0.15, 0.2) is 0 Å². The molecular weight excluding hydrogens is 262 g/mol. The number of ether oxygens (including phenoxy) is 1. The van der Waals surface area contributed by atoms with Crippen LogP contribution < -0.4 is 5.32 Å². The van der Waals surface area contributed by atoms with E-state index >= 15 is 0 Å². The van der Waals surface area contributed by atoms with E-state index in [1.54, 1.807) is 6.20 Å². The first kappa shape index (κ1) is 13.8. The molecule has 5 nitrogen and oxygen atoms in total. The van der Waals surface area contributed by atoms with Crippen molar-refractivity contribution in [2.24, 2.45) is 0 Å². The Morgan fingerprint density at radius 1 is 1.53 bits per heavy atom. The lowest BCUT2D eigenvalue weighted by Crippen LogP contribution is -2.27. The average molecular weight is 279 g/mol. The van der Waals surface area contributed by atoms with Crippen molar-refractivity contribution in [3.63, 3.8) is 0 Å². The number of nitrogens with one attached hydrogen (secondary N) is 1. The van der Waals surface area contributed by atoms with Gasteiger partial charge in [0.05, 0.1) is 24.6 Å². The summed E-state index contributed by atoms with van der Waals surface area (Å²) >= 11 is 1.46. The Labute approximate surface area is 116 Å². The molecule has 2 aromatic rings. The van der Waals surface area contributed by atoms with Gasteiger partial charge in [0.25, 0.3) is 5.91 Å². The topological polar surface area (TPSA) is 56.1 Å². The normalized spacial score (nSPS) is 10.6. The van der Waals surface area contributed by atoms with Crippen LogP contribution in [-0.4, -0.2) is 35.4 Å². The fourth-order valence-electron chi connectivity index (χ4n) is 1.57. The van der Waals surface area contributed by atoms with Crippen molar-refractivity contribution in [3.05, 3.63) is 40.3 Å². The molecule has 2 rings (SSSR count). The number of aromatic nitrogens is 2. The predicted molar refractivity (Wildman–Crippen MR) is 74.4 cm³/mol. The number of hydrogen-bond acceptors (Lipinski definition) is 4. The molecule has 2 aromatic heterocycles. The lowest BCUT2D eigenvalue weighted by Gasteiger charge is -2.05. The maximum absolute atomic E-state index is 11.7. The zero-order valence-electron chi connectivity index (χ0n) is 10.8. The SMILES string of the molecule is Cc1csc(C(=O)NCCOCCn2cccn2)c1. The van der Waals surface area contributed by atoms with Crippen LogP contribution in [0.15, 0.2) is 29.9 Å². The minimum atomic E-state index is -0.0335. The van der Waals surface area contributed by atoms with Gasteiger partial charge in [0, 0.05) is 18.9 Å². The molecule has 1 amide bonds. The summed E-state index contributed by atoms with van der Waals surface area (Å²) in [6.45, 7) is 4.33. The highest BCUT2D eigenvalue weighted by molar-refractivity contribution is 7.12. The molecule has 6 heteroatoms. The van der Waals surface area contributed by atoms with Gasteiger partial charge in [-0.2, -0.15) is 5.10 Å². The van der Waals surface area contributed by atoms with E-state index in [9.17, 15) is 4.79 Å². The Morgan fingerprint density at radius 2 is 2.42 bits per heavy atom. The van der Waals surface area contributed by atoms with E-state index in [0.29, 0.717) is 19.8 Å². The highest BCUT2D eigenvalue weighted by atomic mass is 32.1. The smallest absolute Gasteiger partial charge is 0.261 e. The van der Waals surface area contributed by atoms with Crippen LogP contribution in [0.2, 0.25) is 0 Å². The lowest BCUT2D eigenvalue weighted by molar-refractivity contribution is 0.0910. The molecule has 1 N–H and O–H groups in total. The molecule has 0 saturated heterocycles. The van der Waals surface area contributed by atoms with Gasteiger partial charge in [-0.1, -0.05) is 0 Å². The second-order valence-corrected chi connectivity index (χ2v) is 5.04.